The van der Waals surface area contributed by atoms with Gasteiger partial charge in [-0.15, -0.1) is 0 Å². The number of aliphatic imine (C=N–C) groups is 1. The summed E-state index contributed by atoms with van der Waals surface area (Å²) in [5.41, 5.74) is 0.685. The SMILES string of the molecule is CCNC(=NCCc1noc(-c2ccccn2)n1)N1CCC(OCC)CC1. The van der Waals surface area contributed by atoms with Crippen LogP contribution in [0.15, 0.2) is 33.9 Å². The second-order valence-corrected chi connectivity index (χ2v) is 6.36. The molecule has 2 aromatic rings. The molecule has 3 rings (SSSR count). The molecule has 1 fully saturated rings. The Morgan fingerprint density at radius 1 is 1.33 bits per heavy atom. The van der Waals surface area contributed by atoms with Crippen LogP contribution in [0.1, 0.15) is 32.5 Å². The maximum absolute atomic E-state index is 5.73. The van der Waals surface area contributed by atoms with E-state index in [9.17, 15) is 0 Å². The second-order valence-electron chi connectivity index (χ2n) is 6.36. The summed E-state index contributed by atoms with van der Waals surface area (Å²) in [6, 6.07) is 5.60. The van der Waals surface area contributed by atoms with Crippen LogP contribution in [0, 0.1) is 0 Å². The molecular weight excluding hydrogens is 344 g/mol. The number of pyridine rings is 1. The summed E-state index contributed by atoms with van der Waals surface area (Å²) in [5, 5.41) is 7.41. The number of hydrogen-bond acceptors (Lipinski definition) is 6. The highest BCUT2D eigenvalue weighted by Crippen LogP contribution is 2.15. The lowest BCUT2D eigenvalue weighted by Crippen LogP contribution is -2.47. The summed E-state index contributed by atoms with van der Waals surface area (Å²) in [7, 11) is 0. The van der Waals surface area contributed by atoms with E-state index in [1.807, 2.05) is 18.2 Å². The molecule has 0 aliphatic carbocycles. The molecule has 0 unspecified atom stereocenters. The van der Waals surface area contributed by atoms with E-state index < -0.39 is 0 Å². The van der Waals surface area contributed by atoms with E-state index in [0.717, 1.165) is 45.0 Å². The first-order chi connectivity index (χ1) is 13.3. The van der Waals surface area contributed by atoms with Gasteiger partial charge in [-0.3, -0.25) is 9.98 Å². The van der Waals surface area contributed by atoms with Gasteiger partial charge in [0.05, 0.1) is 6.10 Å². The monoisotopic (exact) mass is 372 g/mol. The molecule has 1 N–H and O–H groups in total. The smallest absolute Gasteiger partial charge is 0.276 e. The predicted octanol–water partition coefficient (Wildman–Crippen LogP) is 2.14. The minimum absolute atomic E-state index is 0.374. The van der Waals surface area contributed by atoms with Crippen LogP contribution in [0.25, 0.3) is 11.6 Å². The van der Waals surface area contributed by atoms with Crippen molar-refractivity contribution in [2.75, 3.05) is 32.8 Å². The molecule has 1 saturated heterocycles. The zero-order valence-electron chi connectivity index (χ0n) is 16.1. The van der Waals surface area contributed by atoms with Gasteiger partial charge in [0.25, 0.3) is 5.89 Å². The average Bonchev–Trinajstić information content (AvgIpc) is 3.18. The highest BCUT2D eigenvalue weighted by Gasteiger charge is 2.21. The van der Waals surface area contributed by atoms with Crippen molar-refractivity contribution >= 4 is 5.96 Å². The molecule has 0 amide bonds. The Morgan fingerprint density at radius 2 is 2.19 bits per heavy atom. The zero-order chi connectivity index (χ0) is 18.9. The quantitative estimate of drug-likeness (QED) is 0.588. The lowest BCUT2D eigenvalue weighted by molar-refractivity contribution is 0.0264. The molecule has 0 atom stereocenters. The maximum atomic E-state index is 5.73. The Labute approximate surface area is 160 Å². The fourth-order valence-corrected chi connectivity index (χ4v) is 3.11. The van der Waals surface area contributed by atoms with Crippen molar-refractivity contribution in [3.63, 3.8) is 0 Å². The van der Waals surface area contributed by atoms with Crippen molar-refractivity contribution in [2.45, 2.75) is 39.2 Å². The number of hydrogen-bond donors (Lipinski definition) is 1. The largest absolute Gasteiger partial charge is 0.378 e. The molecule has 0 bridgehead atoms. The third-order valence-electron chi connectivity index (χ3n) is 4.43. The Hall–Kier alpha value is -2.48. The van der Waals surface area contributed by atoms with Crippen molar-refractivity contribution in [2.24, 2.45) is 4.99 Å². The molecule has 0 aromatic carbocycles. The number of nitrogens with zero attached hydrogens (tertiary/aromatic N) is 5. The Balaban J connectivity index is 1.54. The van der Waals surface area contributed by atoms with E-state index in [0.29, 0.717) is 36.5 Å². The first-order valence-corrected chi connectivity index (χ1v) is 9.69. The summed E-state index contributed by atoms with van der Waals surface area (Å²) in [4.78, 5) is 15.7. The van der Waals surface area contributed by atoms with Crippen molar-refractivity contribution in [1.82, 2.24) is 25.3 Å². The van der Waals surface area contributed by atoms with Crippen LogP contribution >= 0.6 is 0 Å². The van der Waals surface area contributed by atoms with Crippen LogP contribution in [-0.2, 0) is 11.2 Å². The molecule has 1 aliphatic heterocycles. The van der Waals surface area contributed by atoms with Crippen LogP contribution in [0.2, 0.25) is 0 Å². The van der Waals surface area contributed by atoms with Gasteiger partial charge in [-0.25, -0.2) is 0 Å². The number of piperidine rings is 1. The van der Waals surface area contributed by atoms with Gasteiger partial charge in [0.1, 0.15) is 5.69 Å². The van der Waals surface area contributed by atoms with Gasteiger partial charge in [0.15, 0.2) is 11.8 Å². The minimum atomic E-state index is 0.374. The van der Waals surface area contributed by atoms with Crippen LogP contribution in [-0.4, -0.2) is 64.9 Å². The summed E-state index contributed by atoms with van der Waals surface area (Å²) in [6.07, 6.45) is 4.78. The number of likely N-dealkylation sites (tertiary alicyclic amines) is 1. The van der Waals surface area contributed by atoms with Gasteiger partial charge >= 0.3 is 0 Å². The molecule has 0 saturated carbocycles. The predicted molar refractivity (Wildman–Crippen MR) is 103 cm³/mol. The average molecular weight is 372 g/mol. The molecule has 3 heterocycles. The molecule has 8 heteroatoms. The van der Waals surface area contributed by atoms with Crippen molar-refractivity contribution in [1.29, 1.82) is 0 Å². The van der Waals surface area contributed by atoms with Gasteiger partial charge in [-0.05, 0) is 38.8 Å². The molecular formula is C19H28N6O2. The number of guanidine groups is 1. The molecule has 8 nitrogen and oxygen atoms in total. The highest BCUT2D eigenvalue weighted by atomic mass is 16.5. The standard InChI is InChI=1S/C19H28N6O2/c1-3-20-19(25-13-9-15(10-14-25)26-4-2)22-12-8-17-23-18(27-24-17)16-7-5-6-11-21-16/h5-7,11,15H,3-4,8-10,12-14H2,1-2H3,(H,20,22). The molecule has 0 spiro atoms. The lowest BCUT2D eigenvalue weighted by Gasteiger charge is -2.34. The highest BCUT2D eigenvalue weighted by molar-refractivity contribution is 5.80. The number of rotatable bonds is 7. The summed E-state index contributed by atoms with van der Waals surface area (Å²) in [6.45, 7) is 8.29. The Morgan fingerprint density at radius 3 is 2.89 bits per heavy atom. The minimum Gasteiger partial charge on any atom is -0.378 e. The number of ether oxygens (including phenoxy) is 1. The van der Waals surface area contributed by atoms with E-state index in [4.69, 9.17) is 14.3 Å². The molecule has 1 aliphatic rings. The number of nitrogens with one attached hydrogen (secondary N) is 1. The van der Waals surface area contributed by atoms with Crippen molar-refractivity contribution in [3.05, 3.63) is 30.2 Å². The molecule has 0 radical (unpaired) electrons. The first kappa shape index (κ1) is 19.3. The van der Waals surface area contributed by atoms with E-state index in [2.05, 4.69) is 39.2 Å². The maximum Gasteiger partial charge on any atom is 0.276 e. The van der Waals surface area contributed by atoms with Gasteiger partial charge in [0, 0.05) is 45.4 Å². The van der Waals surface area contributed by atoms with E-state index in [1.165, 1.54) is 0 Å². The molecule has 2 aromatic heterocycles. The zero-order valence-corrected chi connectivity index (χ0v) is 16.1. The fourth-order valence-electron chi connectivity index (χ4n) is 3.11. The van der Waals surface area contributed by atoms with E-state index in [-0.39, 0.29) is 0 Å². The number of aromatic nitrogens is 3. The molecule has 146 valence electrons. The first-order valence-electron chi connectivity index (χ1n) is 9.69. The van der Waals surface area contributed by atoms with Crippen LogP contribution in [0.4, 0.5) is 0 Å². The topological polar surface area (TPSA) is 88.7 Å². The van der Waals surface area contributed by atoms with Gasteiger partial charge in [-0.2, -0.15) is 4.98 Å². The fraction of sp³-hybridized carbons (Fsp3) is 0.579. The van der Waals surface area contributed by atoms with Crippen LogP contribution in [0.5, 0.6) is 0 Å². The van der Waals surface area contributed by atoms with Gasteiger partial charge < -0.3 is 19.5 Å². The van der Waals surface area contributed by atoms with Crippen molar-refractivity contribution < 1.29 is 9.26 Å². The van der Waals surface area contributed by atoms with Crippen LogP contribution in [0.3, 0.4) is 0 Å². The van der Waals surface area contributed by atoms with Gasteiger partial charge in [-0.1, -0.05) is 11.2 Å². The molecule has 27 heavy (non-hydrogen) atoms. The normalized spacial score (nSPS) is 15.9. The van der Waals surface area contributed by atoms with Crippen LogP contribution < -0.4 is 5.32 Å². The second kappa shape index (κ2) is 10.0. The third kappa shape index (κ3) is 5.50. The summed E-state index contributed by atoms with van der Waals surface area (Å²) >= 11 is 0. The van der Waals surface area contributed by atoms with Crippen molar-refractivity contribution in [3.8, 4) is 11.6 Å². The third-order valence-corrected chi connectivity index (χ3v) is 4.43. The summed E-state index contributed by atoms with van der Waals surface area (Å²) in [5.74, 6) is 2.03. The summed E-state index contributed by atoms with van der Waals surface area (Å²) < 4.78 is 11.0. The van der Waals surface area contributed by atoms with E-state index >= 15 is 0 Å². The Kier molecular flexibility index (Phi) is 7.15. The van der Waals surface area contributed by atoms with Gasteiger partial charge in [0.2, 0.25) is 0 Å². The van der Waals surface area contributed by atoms with E-state index in [1.54, 1.807) is 6.20 Å². The Bertz CT molecular complexity index is 710. The lowest BCUT2D eigenvalue weighted by atomic mass is 10.1.